The number of para-hydroxylation sites is 1. The molecule has 3 aromatic carbocycles. The number of aryl methyl sites for hydroxylation is 1. The van der Waals surface area contributed by atoms with Gasteiger partial charge in [-0.3, -0.25) is 13.9 Å². The van der Waals surface area contributed by atoms with Crippen LogP contribution in [0.1, 0.15) is 37.5 Å². The maximum atomic E-state index is 14.2. The molecule has 0 saturated carbocycles. The molecular formula is C31H37Cl2N3O4S. The van der Waals surface area contributed by atoms with Gasteiger partial charge in [-0.05, 0) is 47.2 Å². The molecule has 0 aliphatic rings. The summed E-state index contributed by atoms with van der Waals surface area (Å²) in [6.07, 6.45) is 1.90. The third-order valence-corrected chi connectivity index (χ3v) is 8.48. The van der Waals surface area contributed by atoms with Crippen molar-refractivity contribution in [2.45, 2.75) is 46.2 Å². The van der Waals surface area contributed by atoms with Gasteiger partial charge in [-0.1, -0.05) is 98.6 Å². The molecule has 10 heteroatoms. The Kier molecular flexibility index (Phi) is 11.6. The zero-order chi connectivity index (χ0) is 30.2. The van der Waals surface area contributed by atoms with Gasteiger partial charge in [-0.25, -0.2) is 8.42 Å². The monoisotopic (exact) mass is 617 g/mol. The van der Waals surface area contributed by atoms with Crippen molar-refractivity contribution in [3.05, 3.63) is 99.5 Å². The number of carbonyl (C=O) groups excluding carboxylic acids is 2. The summed E-state index contributed by atoms with van der Waals surface area (Å²) in [7, 11) is -3.84. The Labute approximate surface area is 253 Å². The number of nitrogens with one attached hydrogen (secondary N) is 1. The summed E-state index contributed by atoms with van der Waals surface area (Å²) in [4.78, 5) is 29.3. The predicted octanol–water partition coefficient (Wildman–Crippen LogP) is 5.73. The van der Waals surface area contributed by atoms with Crippen LogP contribution in [0.5, 0.6) is 0 Å². The number of anilines is 1. The fourth-order valence-electron chi connectivity index (χ4n) is 4.46. The molecule has 0 spiro atoms. The highest BCUT2D eigenvalue weighted by Gasteiger charge is 2.33. The van der Waals surface area contributed by atoms with Gasteiger partial charge < -0.3 is 10.2 Å². The highest BCUT2D eigenvalue weighted by Crippen LogP contribution is 2.26. The quantitative estimate of drug-likeness (QED) is 0.265. The van der Waals surface area contributed by atoms with Gasteiger partial charge in [0.2, 0.25) is 21.8 Å². The number of nitrogens with zero attached hydrogens (tertiary/aromatic N) is 2. The zero-order valence-electron chi connectivity index (χ0n) is 23.8. The minimum absolute atomic E-state index is 0.0232. The largest absolute Gasteiger partial charge is 0.354 e. The molecular weight excluding hydrogens is 581 g/mol. The molecule has 0 heterocycles. The number of amides is 2. The first-order valence-corrected chi connectivity index (χ1v) is 16.1. The second kappa shape index (κ2) is 14.7. The molecule has 0 fully saturated rings. The van der Waals surface area contributed by atoms with Crippen LogP contribution in [0.4, 0.5) is 5.69 Å². The van der Waals surface area contributed by atoms with Crippen LogP contribution in [0.2, 0.25) is 10.0 Å². The molecule has 0 bridgehead atoms. The van der Waals surface area contributed by atoms with E-state index in [2.05, 4.69) is 5.32 Å². The first kappa shape index (κ1) is 32.4. The lowest BCUT2D eigenvalue weighted by Crippen LogP contribution is -2.53. The van der Waals surface area contributed by atoms with Gasteiger partial charge in [0.05, 0.1) is 22.0 Å². The van der Waals surface area contributed by atoms with E-state index in [1.807, 2.05) is 63.2 Å². The summed E-state index contributed by atoms with van der Waals surface area (Å²) in [5, 5.41) is 3.64. The second-order valence-corrected chi connectivity index (χ2v) is 13.1. The topological polar surface area (TPSA) is 86.8 Å². The SMILES string of the molecule is CCc1ccccc1N(CC(=O)N(Cc1ccc(Cl)c(Cl)c1)[C@@H](Cc1ccccc1)C(=O)NCC(C)C)S(C)(=O)=O. The summed E-state index contributed by atoms with van der Waals surface area (Å²) in [5.74, 6) is -0.648. The van der Waals surface area contributed by atoms with E-state index in [-0.39, 0.29) is 24.8 Å². The average molecular weight is 619 g/mol. The maximum absolute atomic E-state index is 14.2. The summed E-state index contributed by atoms with van der Waals surface area (Å²) in [6, 6.07) is 20.6. The molecule has 220 valence electrons. The van der Waals surface area contributed by atoms with Crippen LogP contribution in [-0.2, 0) is 39.0 Å². The number of benzene rings is 3. The minimum atomic E-state index is -3.84. The molecule has 0 unspecified atom stereocenters. The normalized spacial score (nSPS) is 12.2. The van der Waals surface area contributed by atoms with Crippen molar-refractivity contribution in [1.82, 2.24) is 10.2 Å². The molecule has 0 radical (unpaired) electrons. The third kappa shape index (κ3) is 9.21. The molecule has 0 aromatic heterocycles. The second-order valence-electron chi connectivity index (χ2n) is 10.4. The first-order chi connectivity index (χ1) is 19.4. The lowest BCUT2D eigenvalue weighted by Gasteiger charge is -2.34. The number of rotatable bonds is 13. The van der Waals surface area contributed by atoms with E-state index in [0.717, 1.165) is 21.7 Å². The standard InChI is InChI=1S/C31H37Cl2N3O4S/c1-5-25-13-9-10-14-28(25)36(41(4,39)40)21-30(37)35(20-24-15-16-26(32)27(33)17-24)29(31(38)34-19-22(2)3)18-23-11-7-6-8-12-23/h6-17,22,29H,5,18-21H2,1-4H3,(H,34,38)/t29-/m0/s1. The van der Waals surface area contributed by atoms with Crippen molar-refractivity contribution in [3.8, 4) is 0 Å². The Bertz CT molecular complexity index is 1450. The van der Waals surface area contributed by atoms with Gasteiger partial charge in [0, 0.05) is 19.5 Å². The molecule has 3 aromatic rings. The van der Waals surface area contributed by atoms with Gasteiger partial charge in [-0.2, -0.15) is 0 Å². The summed E-state index contributed by atoms with van der Waals surface area (Å²) < 4.78 is 27.1. The fourth-order valence-corrected chi connectivity index (χ4v) is 5.66. The summed E-state index contributed by atoms with van der Waals surface area (Å²) in [5.41, 5.74) is 2.74. The molecule has 1 atom stereocenters. The van der Waals surface area contributed by atoms with Crippen LogP contribution in [-0.4, -0.2) is 50.5 Å². The van der Waals surface area contributed by atoms with Gasteiger partial charge in [0.15, 0.2) is 0 Å². The molecule has 0 aliphatic heterocycles. The molecule has 41 heavy (non-hydrogen) atoms. The highest BCUT2D eigenvalue weighted by molar-refractivity contribution is 7.92. The van der Waals surface area contributed by atoms with E-state index in [1.54, 1.807) is 30.3 Å². The molecule has 3 rings (SSSR count). The van der Waals surface area contributed by atoms with Crippen LogP contribution >= 0.6 is 23.2 Å². The number of halogens is 2. The van der Waals surface area contributed by atoms with Crippen LogP contribution in [0.15, 0.2) is 72.8 Å². The number of carbonyl (C=O) groups is 2. The van der Waals surface area contributed by atoms with E-state index in [9.17, 15) is 18.0 Å². The number of hydrogen-bond donors (Lipinski definition) is 1. The average Bonchev–Trinajstić information content (AvgIpc) is 2.94. The molecule has 1 N–H and O–H groups in total. The van der Waals surface area contributed by atoms with Gasteiger partial charge in [0.1, 0.15) is 12.6 Å². The van der Waals surface area contributed by atoms with E-state index in [4.69, 9.17) is 23.2 Å². The number of sulfonamides is 1. The maximum Gasteiger partial charge on any atom is 0.244 e. The number of hydrogen-bond acceptors (Lipinski definition) is 4. The molecule has 2 amide bonds. The van der Waals surface area contributed by atoms with E-state index >= 15 is 0 Å². The van der Waals surface area contributed by atoms with Crippen molar-refractivity contribution >= 4 is 50.7 Å². The Hall–Kier alpha value is -3.07. The van der Waals surface area contributed by atoms with Crippen molar-refractivity contribution in [1.29, 1.82) is 0 Å². The minimum Gasteiger partial charge on any atom is -0.354 e. The Morgan fingerprint density at radius 3 is 2.17 bits per heavy atom. The van der Waals surface area contributed by atoms with E-state index < -0.39 is 28.5 Å². The third-order valence-electron chi connectivity index (χ3n) is 6.61. The zero-order valence-corrected chi connectivity index (χ0v) is 26.1. The summed E-state index contributed by atoms with van der Waals surface area (Å²) >= 11 is 12.4. The Morgan fingerprint density at radius 1 is 0.902 bits per heavy atom. The van der Waals surface area contributed by atoms with E-state index in [0.29, 0.717) is 34.3 Å². The van der Waals surface area contributed by atoms with Crippen molar-refractivity contribution in [3.63, 3.8) is 0 Å². The summed E-state index contributed by atoms with van der Waals surface area (Å²) in [6.45, 7) is 5.88. The highest BCUT2D eigenvalue weighted by atomic mass is 35.5. The van der Waals surface area contributed by atoms with Crippen molar-refractivity contribution in [2.75, 3.05) is 23.7 Å². The van der Waals surface area contributed by atoms with Crippen LogP contribution in [0.3, 0.4) is 0 Å². The smallest absolute Gasteiger partial charge is 0.244 e. The van der Waals surface area contributed by atoms with Gasteiger partial charge in [-0.15, -0.1) is 0 Å². The van der Waals surface area contributed by atoms with Crippen molar-refractivity contribution in [2.24, 2.45) is 5.92 Å². The van der Waals surface area contributed by atoms with Crippen LogP contribution in [0.25, 0.3) is 0 Å². The molecule has 0 saturated heterocycles. The van der Waals surface area contributed by atoms with Crippen molar-refractivity contribution < 1.29 is 18.0 Å². The lowest BCUT2D eigenvalue weighted by atomic mass is 10.0. The fraction of sp³-hybridized carbons (Fsp3) is 0.355. The Balaban J connectivity index is 2.09. The van der Waals surface area contributed by atoms with Gasteiger partial charge in [0.25, 0.3) is 0 Å². The van der Waals surface area contributed by atoms with Gasteiger partial charge >= 0.3 is 0 Å². The Morgan fingerprint density at radius 2 is 1.56 bits per heavy atom. The lowest BCUT2D eigenvalue weighted by molar-refractivity contribution is -0.140. The molecule has 0 aliphatic carbocycles. The van der Waals surface area contributed by atoms with E-state index in [1.165, 1.54) is 4.90 Å². The first-order valence-electron chi connectivity index (χ1n) is 13.5. The van der Waals surface area contributed by atoms with Crippen LogP contribution < -0.4 is 9.62 Å². The predicted molar refractivity (Wildman–Crippen MR) is 167 cm³/mol. The van der Waals surface area contributed by atoms with Crippen LogP contribution in [0, 0.1) is 5.92 Å². The molecule has 7 nitrogen and oxygen atoms in total.